The van der Waals surface area contributed by atoms with Gasteiger partial charge in [-0.3, -0.25) is 9.48 Å². The number of hydrogen-bond acceptors (Lipinski definition) is 4. The highest BCUT2D eigenvalue weighted by molar-refractivity contribution is 5.92. The molecule has 0 saturated carbocycles. The van der Waals surface area contributed by atoms with E-state index in [4.69, 9.17) is 4.74 Å². The third kappa shape index (κ3) is 4.46. The Kier molecular flexibility index (Phi) is 6.87. The number of hydrogen-bond donors (Lipinski definition) is 1. The average Bonchev–Trinajstić information content (AvgIpc) is 3.05. The molecule has 1 aromatic heterocycles. The van der Waals surface area contributed by atoms with Gasteiger partial charge in [-0.2, -0.15) is 5.10 Å². The average molecular weight is 343 g/mol. The summed E-state index contributed by atoms with van der Waals surface area (Å²) in [4.78, 5) is 14.6. The molecule has 0 aromatic carbocycles. The number of halogens is 1. The molecule has 0 aliphatic carbocycles. The van der Waals surface area contributed by atoms with Gasteiger partial charge in [-0.15, -0.1) is 12.4 Å². The van der Waals surface area contributed by atoms with Gasteiger partial charge in [-0.1, -0.05) is 0 Å². The van der Waals surface area contributed by atoms with Gasteiger partial charge < -0.3 is 15.0 Å². The van der Waals surface area contributed by atoms with Crippen molar-refractivity contribution >= 4 is 18.3 Å². The zero-order valence-corrected chi connectivity index (χ0v) is 14.6. The normalized spacial score (nSPS) is 25.0. The van der Waals surface area contributed by atoms with Crippen LogP contribution in [0.25, 0.3) is 0 Å². The summed E-state index contributed by atoms with van der Waals surface area (Å²) in [6, 6.07) is 2.23. The van der Waals surface area contributed by atoms with Crippen LogP contribution in [0.5, 0.6) is 0 Å². The Bertz CT molecular complexity index is 500. The molecule has 2 aliphatic heterocycles. The van der Waals surface area contributed by atoms with E-state index in [2.05, 4.69) is 10.4 Å². The van der Waals surface area contributed by atoms with E-state index in [9.17, 15) is 4.79 Å². The highest BCUT2D eigenvalue weighted by Gasteiger charge is 2.26. The van der Waals surface area contributed by atoms with Gasteiger partial charge in [0.15, 0.2) is 0 Å². The minimum absolute atomic E-state index is 0. The standard InChI is InChI=1S/C16H26N4O2.ClH/c1-22-12-13-4-3-8-19(11-13)16(21)15-6-9-20(18-15)14-5-2-7-17-10-14;/h6,9,13-14,17H,2-5,7-8,10-12H2,1H3;1H. The minimum atomic E-state index is 0. The van der Waals surface area contributed by atoms with E-state index in [0.717, 1.165) is 52.0 Å². The van der Waals surface area contributed by atoms with Gasteiger partial charge in [0.1, 0.15) is 5.69 Å². The summed E-state index contributed by atoms with van der Waals surface area (Å²) in [6.07, 6.45) is 6.43. The van der Waals surface area contributed by atoms with Crippen molar-refractivity contribution in [3.8, 4) is 0 Å². The number of piperidine rings is 2. The van der Waals surface area contributed by atoms with Crippen molar-refractivity contribution in [2.24, 2.45) is 5.92 Å². The number of ether oxygens (including phenoxy) is 1. The minimum Gasteiger partial charge on any atom is -0.384 e. The Morgan fingerprint density at radius 3 is 3.04 bits per heavy atom. The Labute approximate surface area is 144 Å². The predicted molar refractivity (Wildman–Crippen MR) is 91.1 cm³/mol. The van der Waals surface area contributed by atoms with Crippen molar-refractivity contribution < 1.29 is 9.53 Å². The van der Waals surface area contributed by atoms with Gasteiger partial charge in [0.25, 0.3) is 5.91 Å². The third-order valence-corrected chi connectivity index (χ3v) is 4.68. The van der Waals surface area contributed by atoms with Crippen molar-refractivity contribution in [2.45, 2.75) is 31.7 Å². The molecule has 0 spiro atoms. The van der Waals surface area contributed by atoms with Crippen LogP contribution >= 0.6 is 12.4 Å². The zero-order chi connectivity index (χ0) is 15.4. The number of nitrogens with one attached hydrogen (secondary N) is 1. The Morgan fingerprint density at radius 1 is 1.43 bits per heavy atom. The number of nitrogens with zero attached hydrogens (tertiary/aromatic N) is 3. The molecule has 2 aliphatic rings. The molecular weight excluding hydrogens is 316 g/mol. The van der Waals surface area contributed by atoms with Crippen LogP contribution in [0.2, 0.25) is 0 Å². The molecule has 3 rings (SSSR count). The third-order valence-electron chi connectivity index (χ3n) is 4.68. The first-order chi connectivity index (χ1) is 10.8. The van der Waals surface area contributed by atoms with Crippen molar-refractivity contribution in [3.05, 3.63) is 18.0 Å². The number of aromatic nitrogens is 2. The van der Waals surface area contributed by atoms with E-state index >= 15 is 0 Å². The smallest absolute Gasteiger partial charge is 0.274 e. The molecule has 1 amide bonds. The van der Waals surface area contributed by atoms with Crippen LogP contribution in [-0.2, 0) is 4.74 Å². The van der Waals surface area contributed by atoms with Gasteiger partial charge in [0, 0.05) is 32.9 Å². The lowest BCUT2D eigenvalue weighted by atomic mass is 9.99. The van der Waals surface area contributed by atoms with Gasteiger partial charge in [0.05, 0.1) is 12.6 Å². The van der Waals surface area contributed by atoms with Crippen LogP contribution < -0.4 is 5.32 Å². The first-order valence-electron chi connectivity index (χ1n) is 8.32. The maximum atomic E-state index is 12.6. The van der Waals surface area contributed by atoms with Gasteiger partial charge in [-0.25, -0.2) is 0 Å². The fourth-order valence-electron chi connectivity index (χ4n) is 3.50. The SMILES string of the molecule is COCC1CCCN(C(=O)c2ccn(C3CCCNC3)n2)C1.Cl. The summed E-state index contributed by atoms with van der Waals surface area (Å²) in [5, 5.41) is 7.92. The highest BCUT2D eigenvalue weighted by Crippen LogP contribution is 2.20. The van der Waals surface area contributed by atoms with Crippen LogP contribution in [0.1, 0.15) is 42.2 Å². The fraction of sp³-hybridized carbons (Fsp3) is 0.750. The summed E-state index contributed by atoms with van der Waals surface area (Å²) in [5.41, 5.74) is 0.573. The van der Waals surface area contributed by atoms with E-state index in [0.29, 0.717) is 17.7 Å². The molecule has 6 nitrogen and oxygen atoms in total. The maximum absolute atomic E-state index is 12.6. The number of carbonyl (C=O) groups excluding carboxylic acids is 1. The van der Waals surface area contributed by atoms with Crippen molar-refractivity contribution in [2.75, 3.05) is 39.9 Å². The quantitative estimate of drug-likeness (QED) is 0.905. The number of rotatable bonds is 4. The maximum Gasteiger partial charge on any atom is 0.274 e. The molecular formula is C16H27ClN4O2. The van der Waals surface area contributed by atoms with Crippen LogP contribution in [0.15, 0.2) is 12.3 Å². The molecule has 3 heterocycles. The van der Waals surface area contributed by atoms with E-state index in [1.165, 1.54) is 6.42 Å². The van der Waals surface area contributed by atoms with Crippen molar-refractivity contribution in [3.63, 3.8) is 0 Å². The lowest BCUT2D eigenvalue weighted by molar-refractivity contribution is 0.0564. The topological polar surface area (TPSA) is 59.4 Å². The molecule has 7 heteroatoms. The van der Waals surface area contributed by atoms with Crippen molar-refractivity contribution in [1.29, 1.82) is 0 Å². The first kappa shape index (κ1) is 18.2. The molecule has 0 bridgehead atoms. The summed E-state index contributed by atoms with van der Waals surface area (Å²) >= 11 is 0. The monoisotopic (exact) mass is 342 g/mol. The highest BCUT2D eigenvalue weighted by atomic mass is 35.5. The second kappa shape index (κ2) is 8.66. The first-order valence-corrected chi connectivity index (χ1v) is 8.32. The Hall–Kier alpha value is -1.11. The number of likely N-dealkylation sites (tertiary alicyclic amines) is 1. The molecule has 130 valence electrons. The van der Waals surface area contributed by atoms with Crippen molar-refractivity contribution in [1.82, 2.24) is 20.0 Å². The number of amides is 1. The fourth-order valence-corrected chi connectivity index (χ4v) is 3.50. The lowest BCUT2D eigenvalue weighted by Gasteiger charge is -2.32. The second-order valence-electron chi connectivity index (χ2n) is 6.40. The van der Waals surface area contributed by atoms with E-state index in [-0.39, 0.29) is 18.3 Å². The molecule has 2 atom stereocenters. The summed E-state index contributed by atoms with van der Waals surface area (Å²) in [5.74, 6) is 0.510. The zero-order valence-electron chi connectivity index (χ0n) is 13.7. The number of methoxy groups -OCH3 is 1. The summed E-state index contributed by atoms with van der Waals surface area (Å²) < 4.78 is 7.19. The number of carbonyl (C=O) groups is 1. The lowest BCUT2D eigenvalue weighted by Crippen LogP contribution is -2.41. The Morgan fingerprint density at radius 2 is 2.30 bits per heavy atom. The van der Waals surface area contributed by atoms with E-state index in [1.54, 1.807) is 7.11 Å². The van der Waals surface area contributed by atoms with Crippen LogP contribution in [0.4, 0.5) is 0 Å². The predicted octanol–water partition coefficient (Wildman–Crippen LogP) is 1.73. The molecule has 1 N–H and O–H groups in total. The van der Waals surface area contributed by atoms with Crippen LogP contribution in [-0.4, -0.2) is 60.5 Å². The molecule has 23 heavy (non-hydrogen) atoms. The second-order valence-corrected chi connectivity index (χ2v) is 6.40. The van der Waals surface area contributed by atoms with E-state index < -0.39 is 0 Å². The van der Waals surface area contributed by atoms with Crippen LogP contribution in [0, 0.1) is 5.92 Å². The summed E-state index contributed by atoms with van der Waals surface area (Å²) in [6.45, 7) is 4.36. The molecule has 2 fully saturated rings. The van der Waals surface area contributed by atoms with E-state index in [1.807, 2.05) is 21.8 Å². The molecule has 2 unspecified atom stereocenters. The molecule has 0 radical (unpaired) electrons. The Balaban J connectivity index is 0.00000192. The van der Waals surface area contributed by atoms with Gasteiger partial charge in [-0.05, 0) is 44.2 Å². The van der Waals surface area contributed by atoms with Gasteiger partial charge in [0.2, 0.25) is 0 Å². The largest absolute Gasteiger partial charge is 0.384 e. The van der Waals surface area contributed by atoms with Gasteiger partial charge >= 0.3 is 0 Å². The molecule has 1 aromatic rings. The summed E-state index contributed by atoms with van der Waals surface area (Å²) in [7, 11) is 1.72. The molecule has 2 saturated heterocycles. The van der Waals surface area contributed by atoms with Crippen LogP contribution in [0.3, 0.4) is 0 Å².